The zero-order valence-electron chi connectivity index (χ0n) is 4.18. The van der Waals surface area contributed by atoms with Crippen molar-refractivity contribution in [1.29, 1.82) is 0 Å². The standard InChI is InChI=1S/C3H3NO4S.Na.H/c5-9(6,7)3-1-2-8-4-3;;/h1-2H,(H,5,6,7);;. The van der Waals surface area contributed by atoms with Gasteiger partial charge in [-0.15, -0.1) is 0 Å². The minimum atomic E-state index is -4.16. The van der Waals surface area contributed by atoms with Gasteiger partial charge in [0, 0.05) is 6.07 Å². The topological polar surface area (TPSA) is 80.4 Å². The third kappa shape index (κ3) is 2.39. The molecule has 0 aliphatic rings. The van der Waals surface area contributed by atoms with Crippen LogP contribution in [0.3, 0.4) is 0 Å². The Hall–Kier alpha value is 0.120. The molecular formula is C3H4NNaO4S. The molecule has 0 fully saturated rings. The van der Waals surface area contributed by atoms with Crippen molar-refractivity contribution in [3.8, 4) is 0 Å². The second-order valence-corrected chi connectivity index (χ2v) is 2.68. The summed E-state index contributed by atoms with van der Waals surface area (Å²) in [5.74, 6) is 0. The first-order valence-corrected chi connectivity index (χ1v) is 3.42. The first-order valence-electron chi connectivity index (χ1n) is 1.98. The van der Waals surface area contributed by atoms with Crippen LogP contribution in [0.15, 0.2) is 21.9 Å². The maximum absolute atomic E-state index is 10.1. The van der Waals surface area contributed by atoms with Crippen molar-refractivity contribution >= 4 is 39.7 Å². The van der Waals surface area contributed by atoms with Crippen LogP contribution in [0.1, 0.15) is 0 Å². The van der Waals surface area contributed by atoms with Gasteiger partial charge in [0.2, 0.25) is 5.03 Å². The molecule has 0 aromatic carbocycles. The Morgan fingerprint density at radius 1 is 1.60 bits per heavy atom. The van der Waals surface area contributed by atoms with Gasteiger partial charge in [0.05, 0.1) is 0 Å². The van der Waals surface area contributed by atoms with Crippen LogP contribution in [0, 0.1) is 0 Å². The van der Waals surface area contributed by atoms with E-state index in [1.807, 2.05) is 0 Å². The summed E-state index contributed by atoms with van der Waals surface area (Å²) in [6, 6.07) is 1.05. The van der Waals surface area contributed by atoms with Crippen molar-refractivity contribution in [3.63, 3.8) is 0 Å². The molecule has 0 aliphatic carbocycles. The predicted octanol–water partition coefficient (Wildman–Crippen LogP) is -0.727. The molecule has 1 aromatic rings. The quantitative estimate of drug-likeness (QED) is 0.447. The van der Waals surface area contributed by atoms with Crippen LogP contribution in [-0.2, 0) is 10.1 Å². The van der Waals surface area contributed by atoms with E-state index in [2.05, 4.69) is 9.68 Å². The molecule has 0 bridgehead atoms. The first-order chi connectivity index (χ1) is 4.11. The summed E-state index contributed by atoms with van der Waals surface area (Å²) in [5.41, 5.74) is 0. The Kier molecular flexibility index (Phi) is 3.54. The van der Waals surface area contributed by atoms with Crippen LogP contribution in [0.5, 0.6) is 0 Å². The molecule has 0 saturated heterocycles. The van der Waals surface area contributed by atoms with E-state index in [1.54, 1.807) is 0 Å². The van der Waals surface area contributed by atoms with E-state index in [0.29, 0.717) is 0 Å². The summed E-state index contributed by atoms with van der Waals surface area (Å²) in [6.07, 6.45) is 1.06. The third-order valence-electron chi connectivity index (χ3n) is 0.678. The maximum atomic E-state index is 10.1. The Morgan fingerprint density at radius 3 is 2.40 bits per heavy atom. The fourth-order valence-electron chi connectivity index (χ4n) is 0.335. The number of rotatable bonds is 1. The molecule has 52 valence electrons. The Labute approximate surface area is 79.4 Å². The molecule has 10 heavy (non-hydrogen) atoms. The van der Waals surface area contributed by atoms with E-state index in [9.17, 15) is 8.42 Å². The molecule has 1 aromatic heterocycles. The molecule has 0 saturated carbocycles. The van der Waals surface area contributed by atoms with Crippen LogP contribution in [-0.4, -0.2) is 47.7 Å². The van der Waals surface area contributed by atoms with Crippen molar-refractivity contribution in [1.82, 2.24) is 5.16 Å². The van der Waals surface area contributed by atoms with E-state index in [4.69, 9.17) is 4.55 Å². The molecule has 0 spiro atoms. The molecule has 1 heterocycles. The van der Waals surface area contributed by atoms with Crippen molar-refractivity contribution in [2.75, 3.05) is 0 Å². The molecule has 5 nitrogen and oxygen atoms in total. The van der Waals surface area contributed by atoms with Crippen molar-refractivity contribution in [3.05, 3.63) is 12.3 Å². The summed E-state index contributed by atoms with van der Waals surface area (Å²) in [4.78, 5) is 0. The van der Waals surface area contributed by atoms with E-state index in [-0.39, 0.29) is 29.6 Å². The van der Waals surface area contributed by atoms with Crippen molar-refractivity contribution in [2.45, 2.75) is 5.03 Å². The van der Waals surface area contributed by atoms with Gasteiger partial charge in [-0.05, 0) is 0 Å². The van der Waals surface area contributed by atoms with Gasteiger partial charge in [0.15, 0.2) is 0 Å². The number of nitrogens with zero attached hydrogens (tertiary/aromatic N) is 1. The molecule has 0 radical (unpaired) electrons. The first kappa shape index (κ1) is 10.1. The van der Waals surface area contributed by atoms with E-state index in [1.165, 1.54) is 0 Å². The molecular weight excluding hydrogens is 169 g/mol. The fraction of sp³-hybridized carbons (Fsp3) is 0. The van der Waals surface area contributed by atoms with Gasteiger partial charge in [-0.2, -0.15) is 8.42 Å². The van der Waals surface area contributed by atoms with Crippen LogP contribution < -0.4 is 0 Å². The zero-order valence-corrected chi connectivity index (χ0v) is 5.00. The summed E-state index contributed by atoms with van der Waals surface area (Å²) in [6.45, 7) is 0. The van der Waals surface area contributed by atoms with Crippen molar-refractivity contribution < 1.29 is 17.5 Å². The minimum absolute atomic E-state index is 0. The van der Waals surface area contributed by atoms with Crippen LogP contribution in [0.25, 0.3) is 0 Å². The molecule has 0 atom stereocenters. The van der Waals surface area contributed by atoms with E-state index >= 15 is 0 Å². The normalized spacial score (nSPS) is 10.5. The summed E-state index contributed by atoms with van der Waals surface area (Å²) < 4.78 is 32.6. The molecule has 7 heteroatoms. The molecule has 1 rings (SSSR count). The van der Waals surface area contributed by atoms with Gasteiger partial charge in [0.25, 0.3) is 0 Å². The molecule has 1 N–H and O–H groups in total. The Morgan fingerprint density at radius 2 is 2.20 bits per heavy atom. The van der Waals surface area contributed by atoms with E-state index in [0.717, 1.165) is 12.3 Å². The third-order valence-corrected chi connectivity index (χ3v) is 1.42. The monoisotopic (exact) mass is 173 g/mol. The number of aromatic nitrogens is 1. The Bertz CT molecular complexity index is 277. The van der Waals surface area contributed by atoms with Gasteiger partial charge in [-0.1, -0.05) is 5.16 Å². The average Bonchev–Trinajstić information content (AvgIpc) is 2.08. The van der Waals surface area contributed by atoms with Gasteiger partial charge in [-0.25, -0.2) is 0 Å². The van der Waals surface area contributed by atoms with Gasteiger partial charge in [0.1, 0.15) is 6.26 Å². The average molecular weight is 173 g/mol. The van der Waals surface area contributed by atoms with E-state index < -0.39 is 15.1 Å². The number of hydrogen-bond donors (Lipinski definition) is 1. The van der Waals surface area contributed by atoms with Gasteiger partial charge >= 0.3 is 39.7 Å². The summed E-state index contributed by atoms with van der Waals surface area (Å²) in [5, 5.41) is 2.50. The van der Waals surface area contributed by atoms with Gasteiger partial charge in [-0.3, -0.25) is 4.55 Å². The van der Waals surface area contributed by atoms with Crippen molar-refractivity contribution in [2.24, 2.45) is 0 Å². The van der Waals surface area contributed by atoms with Crippen LogP contribution >= 0.6 is 0 Å². The number of hydrogen-bond acceptors (Lipinski definition) is 4. The predicted molar refractivity (Wildman–Crippen MR) is 33.5 cm³/mol. The van der Waals surface area contributed by atoms with Gasteiger partial charge < -0.3 is 4.52 Å². The molecule has 0 amide bonds. The second-order valence-electron chi connectivity index (χ2n) is 1.31. The SMILES string of the molecule is O=S(=O)(O)c1ccon1.[NaH]. The fourth-order valence-corrected chi connectivity index (χ4v) is 0.699. The molecule has 0 aliphatic heterocycles. The molecule has 0 unspecified atom stereocenters. The second kappa shape index (κ2) is 3.49. The Balaban J connectivity index is 0.000000810. The summed E-state index contributed by atoms with van der Waals surface area (Å²) >= 11 is 0. The summed E-state index contributed by atoms with van der Waals surface area (Å²) in [7, 11) is -4.16. The van der Waals surface area contributed by atoms with Crippen LogP contribution in [0.4, 0.5) is 0 Å². The zero-order chi connectivity index (χ0) is 6.91. The van der Waals surface area contributed by atoms with Crippen LogP contribution in [0.2, 0.25) is 0 Å².